The van der Waals surface area contributed by atoms with E-state index in [2.05, 4.69) is 6.92 Å². The van der Waals surface area contributed by atoms with Crippen molar-refractivity contribution in [2.24, 2.45) is 0 Å². The van der Waals surface area contributed by atoms with Gasteiger partial charge in [0.05, 0.1) is 6.10 Å². The minimum Gasteiger partial charge on any atom is -0.378 e. The van der Waals surface area contributed by atoms with Crippen LogP contribution in [-0.4, -0.2) is 37.1 Å². The average Bonchev–Trinajstić information content (AvgIpc) is 2.19. The van der Waals surface area contributed by atoms with Crippen molar-refractivity contribution in [2.75, 3.05) is 19.7 Å². The van der Waals surface area contributed by atoms with Crippen LogP contribution in [0.15, 0.2) is 0 Å². The Labute approximate surface area is 80.1 Å². The van der Waals surface area contributed by atoms with Crippen LogP contribution in [0.5, 0.6) is 0 Å². The van der Waals surface area contributed by atoms with Crippen LogP contribution in [-0.2, 0) is 9.53 Å². The molecule has 3 nitrogen and oxygen atoms in total. The first-order chi connectivity index (χ1) is 6.36. The van der Waals surface area contributed by atoms with Gasteiger partial charge in [0.1, 0.15) is 0 Å². The standard InChI is InChI=1S/C10H18NO2/c1-2-3-8-13-10-4-6-11(9-12)7-5-10/h10H,2-8H2,1H3. The second-order valence-electron chi connectivity index (χ2n) is 3.50. The first kappa shape index (κ1) is 10.5. The van der Waals surface area contributed by atoms with Gasteiger partial charge < -0.3 is 9.64 Å². The Kier molecular flexibility index (Phi) is 4.83. The first-order valence-corrected chi connectivity index (χ1v) is 5.11. The molecule has 75 valence electrons. The van der Waals surface area contributed by atoms with Gasteiger partial charge in [-0.3, -0.25) is 4.79 Å². The molecule has 1 amide bonds. The van der Waals surface area contributed by atoms with E-state index in [1.54, 1.807) is 4.90 Å². The minimum absolute atomic E-state index is 0.371. The smallest absolute Gasteiger partial charge is 0.312 e. The first-order valence-electron chi connectivity index (χ1n) is 5.11. The molecule has 1 heterocycles. The zero-order chi connectivity index (χ0) is 9.52. The van der Waals surface area contributed by atoms with Crippen LogP contribution in [0.3, 0.4) is 0 Å². The van der Waals surface area contributed by atoms with Crippen molar-refractivity contribution in [3.8, 4) is 0 Å². The van der Waals surface area contributed by atoms with E-state index in [0.717, 1.165) is 39.0 Å². The van der Waals surface area contributed by atoms with Gasteiger partial charge in [0, 0.05) is 19.7 Å². The van der Waals surface area contributed by atoms with E-state index >= 15 is 0 Å². The van der Waals surface area contributed by atoms with E-state index in [0.29, 0.717) is 6.10 Å². The van der Waals surface area contributed by atoms with Crippen LogP contribution in [0.25, 0.3) is 0 Å². The fraction of sp³-hybridized carbons (Fsp3) is 0.900. The molecule has 1 aliphatic rings. The molecule has 0 aromatic heterocycles. The number of ether oxygens (including phenoxy) is 1. The van der Waals surface area contributed by atoms with Gasteiger partial charge in [-0.25, -0.2) is 0 Å². The van der Waals surface area contributed by atoms with Crippen LogP contribution in [0.1, 0.15) is 32.6 Å². The van der Waals surface area contributed by atoms with Crippen LogP contribution < -0.4 is 0 Å². The predicted octanol–water partition coefficient (Wildman–Crippen LogP) is 1.33. The second kappa shape index (κ2) is 5.97. The average molecular weight is 184 g/mol. The molecular formula is C10H18NO2. The highest BCUT2D eigenvalue weighted by Crippen LogP contribution is 2.12. The van der Waals surface area contributed by atoms with Crippen molar-refractivity contribution in [1.82, 2.24) is 4.90 Å². The monoisotopic (exact) mass is 184 g/mol. The third kappa shape index (κ3) is 3.77. The Morgan fingerprint density at radius 2 is 2.15 bits per heavy atom. The Morgan fingerprint density at radius 3 is 2.69 bits per heavy atom. The highest BCUT2D eigenvalue weighted by molar-refractivity contribution is 5.48. The third-order valence-corrected chi connectivity index (χ3v) is 2.42. The normalized spacial score (nSPS) is 19.0. The van der Waals surface area contributed by atoms with Crippen molar-refractivity contribution in [3.05, 3.63) is 0 Å². The lowest BCUT2D eigenvalue weighted by atomic mass is 10.1. The molecule has 0 spiro atoms. The zero-order valence-electron chi connectivity index (χ0n) is 8.29. The predicted molar refractivity (Wildman–Crippen MR) is 51.1 cm³/mol. The molecule has 0 aromatic carbocycles. The molecule has 0 unspecified atom stereocenters. The topological polar surface area (TPSA) is 29.5 Å². The fourth-order valence-electron chi connectivity index (χ4n) is 1.51. The molecule has 0 aliphatic carbocycles. The number of hydrogen-bond acceptors (Lipinski definition) is 2. The van der Waals surface area contributed by atoms with Crippen molar-refractivity contribution in [2.45, 2.75) is 38.7 Å². The van der Waals surface area contributed by atoms with Gasteiger partial charge >= 0.3 is 6.41 Å². The summed E-state index contributed by atoms with van der Waals surface area (Å²) in [5.74, 6) is 0. The van der Waals surface area contributed by atoms with Gasteiger partial charge in [-0.05, 0) is 19.3 Å². The maximum atomic E-state index is 10.3. The van der Waals surface area contributed by atoms with Gasteiger partial charge in [0.25, 0.3) is 0 Å². The summed E-state index contributed by atoms with van der Waals surface area (Å²) in [6.07, 6.45) is 6.55. The van der Waals surface area contributed by atoms with E-state index < -0.39 is 0 Å². The summed E-state index contributed by atoms with van der Waals surface area (Å²) >= 11 is 0. The van der Waals surface area contributed by atoms with E-state index in [1.165, 1.54) is 6.42 Å². The largest absolute Gasteiger partial charge is 0.378 e. The summed E-state index contributed by atoms with van der Waals surface area (Å²) in [4.78, 5) is 12.0. The lowest BCUT2D eigenvalue weighted by Crippen LogP contribution is -2.36. The van der Waals surface area contributed by atoms with Crippen LogP contribution in [0.4, 0.5) is 0 Å². The van der Waals surface area contributed by atoms with E-state index in [4.69, 9.17) is 4.74 Å². The van der Waals surface area contributed by atoms with Gasteiger partial charge in [-0.2, -0.15) is 0 Å². The number of rotatable bonds is 5. The van der Waals surface area contributed by atoms with Gasteiger partial charge in [0.15, 0.2) is 0 Å². The molecule has 1 aliphatic heterocycles. The van der Waals surface area contributed by atoms with Crippen LogP contribution >= 0.6 is 0 Å². The van der Waals surface area contributed by atoms with E-state index in [-0.39, 0.29) is 0 Å². The van der Waals surface area contributed by atoms with E-state index in [9.17, 15) is 4.79 Å². The van der Waals surface area contributed by atoms with Crippen molar-refractivity contribution in [3.63, 3.8) is 0 Å². The lowest BCUT2D eigenvalue weighted by molar-refractivity contribution is 0.0176. The SMILES string of the molecule is CCCCOC1CCN([C]=O)CC1. The molecule has 0 saturated carbocycles. The highest BCUT2D eigenvalue weighted by atomic mass is 16.5. The van der Waals surface area contributed by atoms with Crippen molar-refractivity contribution < 1.29 is 9.53 Å². The number of piperidine rings is 1. The molecule has 0 N–H and O–H groups in total. The maximum absolute atomic E-state index is 10.3. The second-order valence-corrected chi connectivity index (χ2v) is 3.50. The molecular weight excluding hydrogens is 166 g/mol. The van der Waals surface area contributed by atoms with Crippen molar-refractivity contribution in [1.29, 1.82) is 0 Å². The number of unbranched alkanes of at least 4 members (excludes halogenated alkanes) is 1. The number of hydrogen-bond donors (Lipinski definition) is 0. The third-order valence-electron chi connectivity index (χ3n) is 2.42. The molecule has 3 heteroatoms. The Morgan fingerprint density at radius 1 is 1.46 bits per heavy atom. The molecule has 1 rings (SSSR count). The summed E-state index contributed by atoms with van der Waals surface area (Å²) in [5, 5.41) is 0. The molecule has 1 radical (unpaired) electrons. The highest BCUT2D eigenvalue weighted by Gasteiger charge is 2.18. The Bertz CT molecular complexity index is 142. The summed E-state index contributed by atoms with van der Waals surface area (Å²) in [6.45, 7) is 4.64. The fourth-order valence-corrected chi connectivity index (χ4v) is 1.51. The number of nitrogens with zero attached hydrogens (tertiary/aromatic N) is 1. The lowest BCUT2D eigenvalue weighted by Gasteiger charge is -2.28. The maximum Gasteiger partial charge on any atom is 0.312 e. The van der Waals surface area contributed by atoms with E-state index in [1.807, 2.05) is 6.41 Å². The van der Waals surface area contributed by atoms with Crippen molar-refractivity contribution >= 4 is 6.41 Å². The Balaban J connectivity index is 2.07. The molecule has 1 saturated heterocycles. The van der Waals surface area contributed by atoms with Crippen LogP contribution in [0, 0.1) is 0 Å². The number of carbonyl (C=O) groups excluding carboxylic acids is 1. The molecule has 1 fully saturated rings. The molecule has 0 atom stereocenters. The molecule has 0 bridgehead atoms. The molecule has 0 aromatic rings. The number of likely N-dealkylation sites (tertiary alicyclic amines) is 1. The zero-order valence-corrected chi connectivity index (χ0v) is 8.29. The van der Waals surface area contributed by atoms with Gasteiger partial charge in [-0.1, -0.05) is 13.3 Å². The van der Waals surface area contributed by atoms with Gasteiger partial charge in [-0.15, -0.1) is 0 Å². The summed E-state index contributed by atoms with van der Waals surface area (Å²) < 4.78 is 5.66. The minimum atomic E-state index is 0.371. The summed E-state index contributed by atoms with van der Waals surface area (Å²) in [5.41, 5.74) is 0. The van der Waals surface area contributed by atoms with Crippen LogP contribution in [0.2, 0.25) is 0 Å². The summed E-state index contributed by atoms with van der Waals surface area (Å²) in [6, 6.07) is 0. The number of amides is 1. The quantitative estimate of drug-likeness (QED) is 0.603. The summed E-state index contributed by atoms with van der Waals surface area (Å²) in [7, 11) is 0. The van der Waals surface area contributed by atoms with Gasteiger partial charge in [0.2, 0.25) is 0 Å². The molecule has 13 heavy (non-hydrogen) atoms. The Hall–Kier alpha value is -0.570.